The lowest BCUT2D eigenvalue weighted by atomic mass is 10.3. The second kappa shape index (κ2) is 12.0. The molecule has 0 aromatic heterocycles. The van der Waals surface area contributed by atoms with Crippen molar-refractivity contribution < 1.29 is 14.4 Å². The summed E-state index contributed by atoms with van der Waals surface area (Å²) in [6.45, 7) is 2.39. The highest BCUT2D eigenvalue weighted by Crippen LogP contribution is 2.25. The van der Waals surface area contributed by atoms with Gasteiger partial charge in [0.05, 0.1) is 17.3 Å². The van der Waals surface area contributed by atoms with Crippen LogP contribution < -0.4 is 16.0 Å². The number of urea groups is 1. The number of amides is 4. The van der Waals surface area contributed by atoms with E-state index in [-0.39, 0.29) is 31.3 Å². The smallest absolute Gasteiger partial charge is 0.319 e. The van der Waals surface area contributed by atoms with Gasteiger partial charge in [-0.3, -0.25) is 9.59 Å². The number of carbonyl (C=O) groups is 3. The number of hydrogen-bond acceptors (Lipinski definition) is 3. The van der Waals surface area contributed by atoms with Crippen LogP contribution in [0.5, 0.6) is 0 Å². The minimum absolute atomic E-state index is 0.0805. The molecule has 0 bridgehead atoms. The van der Waals surface area contributed by atoms with E-state index >= 15 is 0 Å². The summed E-state index contributed by atoms with van der Waals surface area (Å²) in [6.07, 6.45) is 0.778. The number of halogens is 2. The van der Waals surface area contributed by atoms with Crippen molar-refractivity contribution in [2.75, 3.05) is 30.3 Å². The second-order valence-electron chi connectivity index (χ2n) is 6.48. The number of benzene rings is 2. The SMILES string of the molecule is CCCN(CC(=O)Nc1ccc(Cl)cc1Cl)C(=O)CCNC(=O)Nc1ccccc1. The van der Waals surface area contributed by atoms with Crippen LogP contribution in [0.25, 0.3) is 0 Å². The zero-order valence-electron chi connectivity index (χ0n) is 16.6. The van der Waals surface area contributed by atoms with Crippen molar-refractivity contribution in [1.82, 2.24) is 10.2 Å². The van der Waals surface area contributed by atoms with Crippen molar-refractivity contribution in [3.8, 4) is 0 Å². The topological polar surface area (TPSA) is 90.5 Å². The van der Waals surface area contributed by atoms with Gasteiger partial charge in [0.1, 0.15) is 0 Å². The summed E-state index contributed by atoms with van der Waals surface area (Å²) in [5.74, 6) is -0.593. The molecule has 0 spiro atoms. The number of para-hydroxylation sites is 1. The minimum Gasteiger partial charge on any atom is -0.337 e. The number of nitrogens with one attached hydrogen (secondary N) is 3. The highest BCUT2D eigenvalue weighted by Gasteiger charge is 2.17. The summed E-state index contributed by atoms with van der Waals surface area (Å²) in [7, 11) is 0. The van der Waals surface area contributed by atoms with Gasteiger partial charge in [-0.05, 0) is 36.8 Å². The first kappa shape index (κ1) is 23.5. The van der Waals surface area contributed by atoms with Gasteiger partial charge in [-0.15, -0.1) is 0 Å². The third-order valence-corrected chi connectivity index (χ3v) is 4.59. The number of hydrogen-bond donors (Lipinski definition) is 3. The molecule has 0 heterocycles. The Labute approximate surface area is 185 Å². The first-order valence-electron chi connectivity index (χ1n) is 9.51. The number of carbonyl (C=O) groups excluding carboxylic acids is 3. The molecule has 30 heavy (non-hydrogen) atoms. The van der Waals surface area contributed by atoms with Crippen molar-refractivity contribution in [3.63, 3.8) is 0 Å². The van der Waals surface area contributed by atoms with E-state index in [9.17, 15) is 14.4 Å². The maximum absolute atomic E-state index is 12.5. The zero-order valence-corrected chi connectivity index (χ0v) is 18.1. The molecule has 0 unspecified atom stereocenters. The van der Waals surface area contributed by atoms with Crippen molar-refractivity contribution in [1.29, 1.82) is 0 Å². The summed E-state index contributed by atoms with van der Waals surface area (Å²) in [5.41, 5.74) is 1.08. The molecule has 0 radical (unpaired) electrons. The summed E-state index contributed by atoms with van der Waals surface area (Å²) in [4.78, 5) is 38.2. The first-order chi connectivity index (χ1) is 14.4. The highest BCUT2D eigenvalue weighted by molar-refractivity contribution is 6.36. The molecule has 0 fully saturated rings. The number of nitrogens with zero attached hydrogens (tertiary/aromatic N) is 1. The molecule has 2 aromatic carbocycles. The Morgan fingerprint density at radius 1 is 1.00 bits per heavy atom. The lowest BCUT2D eigenvalue weighted by Gasteiger charge is -2.22. The zero-order chi connectivity index (χ0) is 21.9. The van der Waals surface area contributed by atoms with Crippen LogP contribution in [-0.2, 0) is 9.59 Å². The molecule has 7 nitrogen and oxygen atoms in total. The van der Waals surface area contributed by atoms with E-state index < -0.39 is 6.03 Å². The minimum atomic E-state index is -0.397. The molecule has 2 aromatic rings. The van der Waals surface area contributed by atoms with Crippen molar-refractivity contribution in [2.45, 2.75) is 19.8 Å². The fourth-order valence-electron chi connectivity index (χ4n) is 2.65. The summed E-state index contributed by atoms with van der Waals surface area (Å²) >= 11 is 11.9. The molecule has 2 rings (SSSR count). The largest absolute Gasteiger partial charge is 0.337 e. The van der Waals surface area contributed by atoms with E-state index in [2.05, 4.69) is 16.0 Å². The lowest BCUT2D eigenvalue weighted by molar-refractivity contribution is -0.134. The lowest BCUT2D eigenvalue weighted by Crippen LogP contribution is -2.40. The van der Waals surface area contributed by atoms with Gasteiger partial charge in [0.15, 0.2) is 0 Å². The Kier molecular flexibility index (Phi) is 9.44. The van der Waals surface area contributed by atoms with Crippen LogP contribution in [0.4, 0.5) is 16.2 Å². The van der Waals surface area contributed by atoms with Gasteiger partial charge < -0.3 is 20.9 Å². The van der Waals surface area contributed by atoms with E-state index in [1.165, 1.54) is 11.0 Å². The van der Waals surface area contributed by atoms with E-state index in [4.69, 9.17) is 23.2 Å². The van der Waals surface area contributed by atoms with Crippen LogP contribution in [0.2, 0.25) is 10.0 Å². The van der Waals surface area contributed by atoms with Crippen LogP contribution in [-0.4, -0.2) is 42.4 Å². The molecule has 0 aliphatic carbocycles. The third-order valence-electron chi connectivity index (χ3n) is 4.04. The van der Waals surface area contributed by atoms with Gasteiger partial charge in [0.2, 0.25) is 11.8 Å². The Balaban J connectivity index is 1.81. The summed E-state index contributed by atoms with van der Waals surface area (Å²) in [6, 6.07) is 13.3. The number of anilines is 2. The molecule has 0 saturated heterocycles. The molecular formula is C21H24Cl2N4O3. The van der Waals surface area contributed by atoms with Gasteiger partial charge in [0, 0.05) is 30.2 Å². The van der Waals surface area contributed by atoms with Gasteiger partial charge >= 0.3 is 6.03 Å². The molecule has 160 valence electrons. The monoisotopic (exact) mass is 450 g/mol. The van der Waals surface area contributed by atoms with E-state index in [1.807, 2.05) is 25.1 Å². The van der Waals surface area contributed by atoms with Crippen molar-refractivity contribution in [2.24, 2.45) is 0 Å². The predicted octanol–water partition coefficient (Wildman–Crippen LogP) is 4.38. The highest BCUT2D eigenvalue weighted by atomic mass is 35.5. The average molecular weight is 451 g/mol. The van der Waals surface area contributed by atoms with Crippen LogP contribution in [0.3, 0.4) is 0 Å². The fraction of sp³-hybridized carbons (Fsp3) is 0.286. The molecule has 9 heteroatoms. The van der Waals surface area contributed by atoms with Crippen molar-refractivity contribution >= 4 is 52.4 Å². The average Bonchev–Trinajstić information content (AvgIpc) is 2.70. The van der Waals surface area contributed by atoms with Crippen LogP contribution >= 0.6 is 23.2 Å². The second-order valence-corrected chi connectivity index (χ2v) is 7.33. The predicted molar refractivity (Wildman–Crippen MR) is 120 cm³/mol. The molecule has 0 aliphatic rings. The fourth-order valence-corrected chi connectivity index (χ4v) is 3.11. The third kappa shape index (κ3) is 7.93. The number of rotatable bonds is 9. The Morgan fingerprint density at radius 3 is 2.40 bits per heavy atom. The summed E-state index contributed by atoms with van der Waals surface area (Å²) < 4.78 is 0. The molecule has 3 N–H and O–H groups in total. The Morgan fingerprint density at radius 2 is 1.73 bits per heavy atom. The summed E-state index contributed by atoms with van der Waals surface area (Å²) in [5, 5.41) is 8.77. The Hall–Kier alpha value is -2.77. The standard InChI is InChI=1S/C21H24Cl2N4O3/c1-2-12-27(14-19(28)26-18-9-8-15(22)13-17(18)23)20(29)10-11-24-21(30)25-16-6-4-3-5-7-16/h3-9,13H,2,10-12,14H2,1H3,(H,26,28)(H2,24,25,30). The first-order valence-corrected chi connectivity index (χ1v) is 10.3. The Bertz CT molecular complexity index is 878. The molecule has 0 aliphatic heterocycles. The quantitative estimate of drug-likeness (QED) is 0.529. The van der Waals surface area contributed by atoms with Gasteiger partial charge in [0.25, 0.3) is 0 Å². The van der Waals surface area contributed by atoms with Crippen molar-refractivity contribution in [3.05, 3.63) is 58.6 Å². The molecular weight excluding hydrogens is 427 g/mol. The van der Waals surface area contributed by atoms with E-state index in [1.54, 1.807) is 24.3 Å². The molecule has 4 amide bonds. The van der Waals surface area contributed by atoms with Crippen LogP contribution in [0.1, 0.15) is 19.8 Å². The molecule has 0 saturated carbocycles. The van der Waals surface area contributed by atoms with E-state index in [0.29, 0.717) is 34.4 Å². The normalized spacial score (nSPS) is 10.2. The molecule has 0 atom stereocenters. The van der Waals surface area contributed by atoms with Crippen LogP contribution in [0, 0.1) is 0 Å². The van der Waals surface area contributed by atoms with Gasteiger partial charge in [-0.25, -0.2) is 4.79 Å². The van der Waals surface area contributed by atoms with Crippen LogP contribution in [0.15, 0.2) is 48.5 Å². The maximum Gasteiger partial charge on any atom is 0.319 e. The van der Waals surface area contributed by atoms with Gasteiger partial charge in [-0.1, -0.05) is 48.3 Å². The van der Waals surface area contributed by atoms with E-state index in [0.717, 1.165) is 0 Å². The maximum atomic E-state index is 12.5. The van der Waals surface area contributed by atoms with Gasteiger partial charge in [-0.2, -0.15) is 0 Å².